The van der Waals surface area contributed by atoms with Crippen LogP contribution in [0.5, 0.6) is 0 Å². The van der Waals surface area contributed by atoms with Crippen molar-refractivity contribution in [3.63, 3.8) is 0 Å². The van der Waals surface area contributed by atoms with E-state index in [0.717, 1.165) is 6.42 Å². The summed E-state index contributed by atoms with van der Waals surface area (Å²) in [5, 5.41) is 1.73. The molecular weight excluding hydrogens is 470 g/mol. The summed E-state index contributed by atoms with van der Waals surface area (Å²) in [6, 6.07) is 0. The molecule has 182 valence electrons. The standard InChI is InChI=1S/C20H29N5O6S2/c1-4-6-7-25-17(21)16(18(28)23-19(25)29)24(8-9-30-3)14(26)12-33-20-22-13(11-32-20)10-15(27)31-5-2/h11H,4-10,12,21H2,1-3H3,(H,23,28,29). The molecule has 33 heavy (non-hydrogen) atoms. The average molecular weight is 500 g/mol. The Balaban J connectivity index is 2.21. The van der Waals surface area contributed by atoms with Crippen LogP contribution in [0.2, 0.25) is 0 Å². The number of amides is 1. The van der Waals surface area contributed by atoms with Crippen LogP contribution in [0.15, 0.2) is 19.3 Å². The van der Waals surface area contributed by atoms with Gasteiger partial charge in [0.1, 0.15) is 5.82 Å². The number of thiazole rings is 1. The number of methoxy groups -OCH3 is 1. The molecule has 2 aromatic heterocycles. The molecule has 13 heteroatoms. The molecule has 0 unspecified atom stereocenters. The van der Waals surface area contributed by atoms with Gasteiger partial charge in [0.15, 0.2) is 10.0 Å². The van der Waals surface area contributed by atoms with E-state index >= 15 is 0 Å². The Morgan fingerprint density at radius 3 is 2.76 bits per heavy atom. The third kappa shape index (κ3) is 7.44. The molecule has 0 saturated carbocycles. The Hall–Kier alpha value is -2.64. The Bertz CT molecular complexity index is 1060. The maximum Gasteiger partial charge on any atom is 0.330 e. The largest absolute Gasteiger partial charge is 0.466 e. The number of aromatic nitrogens is 3. The number of anilines is 2. The van der Waals surface area contributed by atoms with Crippen LogP contribution in [0, 0.1) is 0 Å². The van der Waals surface area contributed by atoms with Gasteiger partial charge in [-0.1, -0.05) is 25.1 Å². The van der Waals surface area contributed by atoms with E-state index in [0.29, 0.717) is 29.6 Å². The summed E-state index contributed by atoms with van der Waals surface area (Å²) < 4.78 is 11.9. The summed E-state index contributed by atoms with van der Waals surface area (Å²) >= 11 is 2.49. The number of H-pyrrole nitrogens is 1. The number of nitrogens with one attached hydrogen (secondary N) is 1. The van der Waals surface area contributed by atoms with Crippen LogP contribution in [-0.4, -0.2) is 59.0 Å². The molecule has 0 fully saturated rings. The lowest BCUT2D eigenvalue weighted by Gasteiger charge is -2.24. The molecule has 0 atom stereocenters. The summed E-state index contributed by atoms with van der Waals surface area (Å²) in [6.45, 7) is 4.58. The fourth-order valence-electron chi connectivity index (χ4n) is 2.92. The number of nitrogens with zero attached hydrogens (tertiary/aromatic N) is 3. The lowest BCUT2D eigenvalue weighted by molar-refractivity contribution is -0.142. The Kier molecular flexibility index (Phi) is 10.6. The number of carbonyl (C=O) groups is 2. The molecule has 2 rings (SSSR count). The zero-order valence-corrected chi connectivity index (χ0v) is 20.6. The molecule has 0 bridgehead atoms. The predicted octanol–water partition coefficient (Wildman–Crippen LogP) is 1.25. The highest BCUT2D eigenvalue weighted by Gasteiger charge is 2.24. The van der Waals surface area contributed by atoms with Crippen molar-refractivity contribution in [2.75, 3.05) is 43.3 Å². The van der Waals surface area contributed by atoms with E-state index in [9.17, 15) is 19.2 Å². The van der Waals surface area contributed by atoms with Crippen molar-refractivity contribution in [2.45, 2.75) is 44.0 Å². The third-order valence-corrected chi connectivity index (χ3v) is 6.57. The van der Waals surface area contributed by atoms with Crippen LogP contribution in [0.4, 0.5) is 11.5 Å². The summed E-state index contributed by atoms with van der Waals surface area (Å²) in [6.07, 6.45) is 1.58. The second-order valence-electron chi connectivity index (χ2n) is 6.91. The number of esters is 1. The van der Waals surface area contributed by atoms with Crippen LogP contribution < -0.4 is 21.9 Å². The van der Waals surface area contributed by atoms with E-state index < -0.39 is 17.2 Å². The number of aromatic amines is 1. The van der Waals surface area contributed by atoms with E-state index in [1.54, 1.807) is 12.3 Å². The predicted molar refractivity (Wildman–Crippen MR) is 128 cm³/mol. The van der Waals surface area contributed by atoms with E-state index in [2.05, 4.69) is 9.97 Å². The first-order valence-corrected chi connectivity index (χ1v) is 12.3. The summed E-state index contributed by atoms with van der Waals surface area (Å²) in [7, 11) is 1.48. The summed E-state index contributed by atoms with van der Waals surface area (Å²) in [5.41, 5.74) is 5.31. The van der Waals surface area contributed by atoms with Crippen molar-refractivity contribution in [1.29, 1.82) is 0 Å². The zero-order chi connectivity index (χ0) is 24.4. The van der Waals surface area contributed by atoms with Crippen LogP contribution in [0.25, 0.3) is 0 Å². The van der Waals surface area contributed by atoms with Crippen molar-refractivity contribution >= 4 is 46.5 Å². The van der Waals surface area contributed by atoms with Crippen molar-refractivity contribution in [1.82, 2.24) is 14.5 Å². The smallest absolute Gasteiger partial charge is 0.330 e. The number of rotatable bonds is 13. The molecule has 11 nitrogen and oxygen atoms in total. The fraction of sp³-hybridized carbons (Fsp3) is 0.550. The SMILES string of the molecule is CCCCn1c(N)c(N(CCOC)C(=O)CSc2nc(CC(=O)OCC)cs2)c(=O)[nH]c1=O. The van der Waals surface area contributed by atoms with Gasteiger partial charge in [0.25, 0.3) is 5.56 Å². The first-order chi connectivity index (χ1) is 15.8. The van der Waals surface area contributed by atoms with E-state index in [-0.39, 0.29) is 42.8 Å². The monoisotopic (exact) mass is 499 g/mol. The number of nitrogen functional groups attached to an aromatic ring is 1. The number of hydrogen-bond acceptors (Lipinski definition) is 10. The van der Waals surface area contributed by atoms with Gasteiger partial charge in [-0.25, -0.2) is 9.78 Å². The minimum atomic E-state index is -0.731. The average Bonchev–Trinajstić information content (AvgIpc) is 3.21. The van der Waals surface area contributed by atoms with E-state index in [1.807, 2.05) is 6.92 Å². The number of hydrogen-bond donors (Lipinski definition) is 2. The maximum atomic E-state index is 13.1. The van der Waals surface area contributed by atoms with E-state index in [1.165, 1.54) is 39.7 Å². The molecule has 0 aliphatic rings. The second kappa shape index (κ2) is 13.2. The molecule has 0 radical (unpaired) electrons. The normalized spacial score (nSPS) is 10.9. The summed E-state index contributed by atoms with van der Waals surface area (Å²) in [4.78, 5) is 57.3. The quantitative estimate of drug-likeness (QED) is 0.307. The van der Waals surface area contributed by atoms with Gasteiger partial charge >= 0.3 is 11.7 Å². The number of thioether (sulfide) groups is 1. The highest BCUT2D eigenvalue weighted by Crippen LogP contribution is 2.25. The molecule has 0 aliphatic carbocycles. The van der Waals surface area contributed by atoms with Gasteiger partial charge in [0, 0.05) is 25.6 Å². The van der Waals surface area contributed by atoms with E-state index in [4.69, 9.17) is 15.2 Å². The number of carbonyl (C=O) groups excluding carboxylic acids is 2. The number of unbranched alkanes of at least 4 members (excludes halogenated alkanes) is 1. The van der Waals surface area contributed by atoms with Gasteiger partial charge in [-0.15, -0.1) is 11.3 Å². The molecule has 1 amide bonds. The molecular formula is C20H29N5O6S2. The first kappa shape index (κ1) is 26.6. The minimum Gasteiger partial charge on any atom is -0.466 e. The van der Waals surface area contributed by atoms with Gasteiger partial charge in [0.2, 0.25) is 5.91 Å². The van der Waals surface area contributed by atoms with Gasteiger partial charge in [-0.3, -0.25) is 23.9 Å². The second-order valence-corrected chi connectivity index (χ2v) is 8.99. The van der Waals surface area contributed by atoms with Crippen molar-refractivity contribution in [3.8, 4) is 0 Å². The first-order valence-electron chi connectivity index (χ1n) is 10.5. The molecule has 0 spiro atoms. The highest BCUT2D eigenvalue weighted by molar-refractivity contribution is 8.01. The van der Waals surface area contributed by atoms with Gasteiger partial charge in [-0.2, -0.15) is 0 Å². The molecule has 2 heterocycles. The fourth-order valence-corrected chi connectivity index (χ4v) is 4.64. The van der Waals surface area contributed by atoms with Crippen molar-refractivity contribution in [3.05, 3.63) is 31.9 Å². The lowest BCUT2D eigenvalue weighted by atomic mass is 10.3. The number of nitrogens with two attached hydrogens (primary N) is 1. The topological polar surface area (TPSA) is 150 Å². The van der Waals surface area contributed by atoms with Crippen molar-refractivity contribution in [2.24, 2.45) is 0 Å². The molecule has 0 saturated heterocycles. The van der Waals surface area contributed by atoms with Crippen LogP contribution in [0.1, 0.15) is 32.4 Å². The molecule has 3 N–H and O–H groups in total. The Morgan fingerprint density at radius 2 is 2.09 bits per heavy atom. The van der Waals surface area contributed by atoms with Gasteiger partial charge in [-0.05, 0) is 13.3 Å². The molecule has 2 aromatic rings. The van der Waals surface area contributed by atoms with Crippen molar-refractivity contribution < 1.29 is 19.1 Å². The minimum absolute atomic E-state index is 0.0248. The zero-order valence-electron chi connectivity index (χ0n) is 18.9. The van der Waals surface area contributed by atoms with Gasteiger partial charge in [0.05, 0.1) is 31.1 Å². The van der Waals surface area contributed by atoms with Crippen LogP contribution >= 0.6 is 23.1 Å². The Labute approximate surface area is 199 Å². The van der Waals surface area contributed by atoms with Gasteiger partial charge < -0.3 is 20.1 Å². The van der Waals surface area contributed by atoms with Crippen LogP contribution in [0.3, 0.4) is 0 Å². The third-order valence-electron chi connectivity index (χ3n) is 4.52. The molecule has 0 aliphatic heterocycles. The number of ether oxygens (including phenoxy) is 2. The lowest BCUT2D eigenvalue weighted by Crippen LogP contribution is -2.43. The van der Waals surface area contributed by atoms with Crippen LogP contribution in [-0.2, 0) is 32.0 Å². The maximum absolute atomic E-state index is 13.1. The molecule has 0 aromatic carbocycles. The highest BCUT2D eigenvalue weighted by atomic mass is 32.2. The Morgan fingerprint density at radius 1 is 1.33 bits per heavy atom. The summed E-state index contributed by atoms with van der Waals surface area (Å²) in [5.74, 6) is -0.841.